The average Bonchev–Trinajstić information content (AvgIpc) is 2.71. The zero-order valence-electron chi connectivity index (χ0n) is 12.1. The number of rotatable bonds is 5. The van der Waals surface area contributed by atoms with Crippen molar-refractivity contribution >= 4 is 28.9 Å². The van der Waals surface area contributed by atoms with E-state index in [1.807, 2.05) is 13.8 Å². The van der Waals surface area contributed by atoms with Crippen LogP contribution in [-0.2, 0) is 11.3 Å². The van der Waals surface area contributed by atoms with Crippen molar-refractivity contribution in [2.75, 3.05) is 11.1 Å². The maximum Gasteiger partial charge on any atom is 0.224 e. The second kappa shape index (κ2) is 6.58. The Bertz CT molecular complexity index is 653. The number of carbonyl (C=O) groups is 1. The highest BCUT2D eigenvalue weighted by Crippen LogP contribution is 2.22. The minimum Gasteiger partial charge on any atom is -0.397 e. The van der Waals surface area contributed by atoms with Gasteiger partial charge in [0.2, 0.25) is 5.91 Å². The van der Waals surface area contributed by atoms with E-state index < -0.39 is 0 Å². The molecule has 1 amide bonds. The first-order chi connectivity index (χ1) is 9.95. The molecule has 7 heteroatoms. The Labute approximate surface area is 128 Å². The molecule has 0 aliphatic carbocycles. The van der Waals surface area contributed by atoms with Crippen LogP contribution in [0.3, 0.4) is 0 Å². The molecule has 0 saturated carbocycles. The number of nitrogen functional groups attached to an aromatic ring is 1. The second-order valence-corrected chi connectivity index (χ2v) is 5.25. The van der Waals surface area contributed by atoms with Crippen LogP contribution >= 0.6 is 11.6 Å². The Morgan fingerprint density at radius 3 is 2.81 bits per heavy atom. The third kappa shape index (κ3) is 4.19. The molecule has 1 heterocycles. The Balaban J connectivity index is 1.83. The molecule has 0 radical (unpaired) electrons. The van der Waals surface area contributed by atoms with Gasteiger partial charge in [-0.1, -0.05) is 11.6 Å². The van der Waals surface area contributed by atoms with Gasteiger partial charge < -0.3 is 11.1 Å². The first kappa shape index (κ1) is 15.3. The minimum absolute atomic E-state index is 0.0847. The van der Waals surface area contributed by atoms with Gasteiger partial charge in [0.05, 0.1) is 11.4 Å². The van der Waals surface area contributed by atoms with Crippen molar-refractivity contribution in [2.45, 2.75) is 33.2 Å². The molecule has 3 N–H and O–H groups in total. The van der Waals surface area contributed by atoms with E-state index in [2.05, 4.69) is 15.4 Å². The van der Waals surface area contributed by atoms with Gasteiger partial charge in [0.25, 0.3) is 0 Å². The molecule has 0 spiro atoms. The lowest BCUT2D eigenvalue weighted by atomic mass is 10.2. The van der Waals surface area contributed by atoms with Crippen molar-refractivity contribution in [1.82, 2.24) is 14.8 Å². The average molecular weight is 308 g/mol. The Kier molecular flexibility index (Phi) is 4.80. The zero-order chi connectivity index (χ0) is 15.4. The third-order valence-electron chi connectivity index (χ3n) is 3.02. The van der Waals surface area contributed by atoms with E-state index in [-0.39, 0.29) is 5.91 Å². The van der Waals surface area contributed by atoms with Crippen LogP contribution in [0.1, 0.15) is 24.5 Å². The molecule has 6 nitrogen and oxygen atoms in total. The molecule has 2 rings (SSSR count). The van der Waals surface area contributed by atoms with Crippen molar-refractivity contribution in [2.24, 2.45) is 0 Å². The number of nitrogens with two attached hydrogens (primary N) is 1. The van der Waals surface area contributed by atoms with Crippen molar-refractivity contribution < 1.29 is 4.79 Å². The van der Waals surface area contributed by atoms with Crippen molar-refractivity contribution in [3.8, 4) is 0 Å². The highest BCUT2D eigenvalue weighted by Gasteiger charge is 2.07. The number of carbonyl (C=O) groups excluding carboxylic acids is 1. The molecule has 0 fully saturated rings. The van der Waals surface area contributed by atoms with Crippen LogP contribution in [0.25, 0.3) is 0 Å². The van der Waals surface area contributed by atoms with Gasteiger partial charge in [-0.3, -0.25) is 9.48 Å². The number of aromatic nitrogens is 3. The summed E-state index contributed by atoms with van der Waals surface area (Å²) in [5.41, 5.74) is 6.83. The number of nitrogens with zero attached hydrogens (tertiary/aromatic N) is 3. The number of aryl methyl sites for hydroxylation is 3. The molecule has 0 aliphatic heterocycles. The summed E-state index contributed by atoms with van der Waals surface area (Å²) < 4.78 is 1.80. The lowest BCUT2D eigenvalue weighted by Gasteiger charge is -2.08. The predicted octanol–water partition coefficient (Wildman–Crippen LogP) is 2.55. The first-order valence-corrected chi connectivity index (χ1v) is 7.06. The summed E-state index contributed by atoms with van der Waals surface area (Å²) in [7, 11) is 0. The summed E-state index contributed by atoms with van der Waals surface area (Å²) in [5, 5.41) is 7.57. The van der Waals surface area contributed by atoms with Crippen molar-refractivity contribution in [3.63, 3.8) is 0 Å². The summed E-state index contributed by atoms with van der Waals surface area (Å²) in [6, 6.07) is 4.99. The van der Waals surface area contributed by atoms with Crippen molar-refractivity contribution in [1.29, 1.82) is 0 Å². The summed E-state index contributed by atoms with van der Waals surface area (Å²) in [6.07, 6.45) is 1.07. The van der Waals surface area contributed by atoms with Crippen LogP contribution in [0.4, 0.5) is 11.4 Å². The molecule has 0 atom stereocenters. The lowest BCUT2D eigenvalue weighted by molar-refractivity contribution is -0.116. The fourth-order valence-electron chi connectivity index (χ4n) is 2.02. The van der Waals surface area contributed by atoms with Crippen LogP contribution in [0.2, 0.25) is 5.02 Å². The third-order valence-corrected chi connectivity index (χ3v) is 3.26. The number of amides is 1. The topological polar surface area (TPSA) is 85.8 Å². The number of hydrogen-bond acceptors (Lipinski definition) is 4. The molecule has 1 aromatic heterocycles. The molecular formula is C14H18ClN5O. The number of nitrogens with one attached hydrogen (secondary N) is 1. The van der Waals surface area contributed by atoms with Crippen LogP contribution in [0.15, 0.2) is 18.2 Å². The monoisotopic (exact) mass is 307 g/mol. The number of hydrogen-bond donors (Lipinski definition) is 2. The normalized spacial score (nSPS) is 10.6. The number of benzene rings is 1. The molecule has 0 bridgehead atoms. The van der Waals surface area contributed by atoms with E-state index in [0.29, 0.717) is 35.8 Å². The fraction of sp³-hybridized carbons (Fsp3) is 0.357. The van der Waals surface area contributed by atoms with Crippen LogP contribution < -0.4 is 11.1 Å². The number of halogens is 1. The molecule has 112 valence electrons. The highest BCUT2D eigenvalue weighted by molar-refractivity contribution is 6.31. The SMILES string of the molecule is Cc1nc(C)n(CCCC(=O)Nc2ccc(Cl)cc2N)n1. The van der Waals surface area contributed by atoms with E-state index in [1.165, 1.54) is 0 Å². The Morgan fingerprint density at radius 1 is 1.43 bits per heavy atom. The van der Waals surface area contributed by atoms with Gasteiger partial charge in [0, 0.05) is 18.0 Å². The van der Waals surface area contributed by atoms with E-state index in [0.717, 1.165) is 11.6 Å². The van der Waals surface area contributed by atoms with Crippen LogP contribution in [0.5, 0.6) is 0 Å². The standard InChI is InChI=1S/C14H18ClN5O/c1-9-17-10(2)20(19-9)7-3-4-14(21)18-13-6-5-11(15)8-12(13)16/h5-6,8H,3-4,7,16H2,1-2H3,(H,18,21). The molecule has 0 saturated heterocycles. The molecule has 0 aliphatic rings. The van der Waals surface area contributed by atoms with Gasteiger partial charge in [-0.05, 0) is 38.5 Å². The predicted molar refractivity (Wildman–Crippen MR) is 83.2 cm³/mol. The van der Waals surface area contributed by atoms with Gasteiger partial charge in [0.15, 0.2) is 0 Å². The summed E-state index contributed by atoms with van der Waals surface area (Å²) in [6.45, 7) is 4.41. The van der Waals surface area contributed by atoms with Gasteiger partial charge in [0.1, 0.15) is 11.6 Å². The van der Waals surface area contributed by atoms with E-state index in [1.54, 1.807) is 22.9 Å². The molecule has 21 heavy (non-hydrogen) atoms. The smallest absolute Gasteiger partial charge is 0.224 e. The summed E-state index contributed by atoms with van der Waals surface area (Å²) in [4.78, 5) is 16.1. The maximum atomic E-state index is 11.9. The van der Waals surface area contributed by atoms with E-state index >= 15 is 0 Å². The summed E-state index contributed by atoms with van der Waals surface area (Å²) in [5.74, 6) is 1.51. The Morgan fingerprint density at radius 2 is 2.19 bits per heavy atom. The summed E-state index contributed by atoms with van der Waals surface area (Å²) >= 11 is 5.81. The van der Waals surface area contributed by atoms with Gasteiger partial charge in [-0.25, -0.2) is 4.98 Å². The molecule has 1 aromatic carbocycles. The number of anilines is 2. The lowest BCUT2D eigenvalue weighted by Crippen LogP contribution is -2.14. The van der Waals surface area contributed by atoms with Gasteiger partial charge in [-0.2, -0.15) is 5.10 Å². The van der Waals surface area contributed by atoms with Crippen LogP contribution in [0, 0.1) is 13.8 Å². The van der Waals surface area contributed by atoms with E-state index in [4.69, 9.17) is 17.3 Å². The fourth-order valence-corrected chi connectivity index (χ4v) is 2.20. The molecular weight excluding hydrogens is 290 g/mol. The quantitative estimate of drug-likeness (QED) is 0.831. The molecule has 2 aromatic rings. The highest BCUT2D eigenvalue weighted by atomic mass is 35.5. The van der Waals surface area contributed by atoms with Crippen molar-refractivity contribution in [3.05, 3.63) is 34.9 Å². The van der Waals surface area contributed by atoms with Crippen LogP contribution in [-0.4, -0.2) is 20.7 Å². The maximum absolute atomic E-state index is 11.9. The first-order valence-electron chi connectivity index (χ1n) is 6.68. The molecule has 0 unspecified atom stereocenters. The Hall–Kier alpha value is -2.08. The largest absolute Gasteiger partial charge is 0.397 e. The zero-order valence-corrected chi connectivity index (χ0v) is 12.8. The minimum atomic E-state index is -0.0847. The second-order valence-electron chi connectivity index (χ2n) is 4.81. The van der Waals surface area contributed by atoms with E-state index in [9.17, 15) is 4.79 Å². The van der Waals surface area contributed by atoms with Gasteiger partial charge >= 0.3 is 0 Å². The van der Waals surface area contributed by atoms with Gasteiger partial charge in [-0.15, -0.1) is 0 Å².